The predicted molar refractivity (Wildman–Crippen MR) is 82.0 cm³/mol. The van der Waals surface area contributed by atoms with E-state index in [0.717, 1.165) is 0 Å². The molecule has 1 aliphatic rings. The normalized spacial score (nSPS) is 16.6. The number of nitrogens with zero attached hydrogens (tertiary/aromatic N) is 2. The van der Waals surface area contributed by atoms with Crippen LogP contribution in [-0.2, 0) is 19.1 Å². The molecule has 0 radical (unpaired) electrons. The summed E-state index contributed by atoms with van der Waals surface area (Å²) in [5, 5.41) is 2.64. The molecule has 2 rings (SSSR count). The van der Waals surface area contributed by atoms with Gasteiger partial charge in [0.2, 0.25) is 5.91 Å². The van der Waals surface area contributed by atoms with Crippen LogP contribution in [0.4, 0.5) is 16.2 Å². The molecule has 124 valence electrons. The second kappa shape index (κ2) is 7.08. The molecule has 0 spiro atoms. The molecule has 0 saturated heterocycles. The summed E-state index contributed by atoms with van der Waals surface area (Å²) in [5.41, 5.74) is 0.817. The van der Waals surface area contributed by atoms with E-state index in [0.29, 0.717) is 11.4 Å². The second-order valence-corrected chi connectivity index (χ2v) is 5.21. The maximum Gasteiger partial charge on any atom is 0.415 e. The van der Waals surface area contributed by atoms with Gasteiger partial charge in [-0.3, -0.25) is 19.5 Å². The van der Waals surface area contributed by atoms with Crippen LogP contribution in [0.3, 0.4) is 0 Å². The van der Waals surface area contributed by atoms with Crippen molar-refractivity contribution in [2.45, 2.75) is 39.3 Å². The number of ether oxygens (including phenoxy) is 2. The highest BCUT2D eigenvalue weighted by Gasteiger charge is 2.39. The van der Waals surface area contributed by atoms with E-state index in [1.165, 1.54) is 17.3 Å². The van der Waals surface area contributed by atoms with Gasteiger partial charge in [-0.15, -0.1) is 0 Å². The van der Waals surface area contributed by atoms with E-state index in [2.05, 4.69) is 10.3 Å². The molecule has 1 atom stereocenters. The van der Waals surface area contributed by atoms with Gasteiger partial charge in [0.25, 0.3) is 0 Å². The van der Waals surface area contributed by atoms with Crippen LogP contribution < -0.4 is 10.2 Å². The first-order valence-corrected chi connectivity index (χ1v) is 7.34. The Morgan fingerprint density at radius 1 is 1.43 bits per heavy atom. The van der Waals surface area contributed by atoms with E-state index in [4.69, 9.17) is 9.47 Å². The Labute approximate surface area is 133 Å². The van der Waals surface area contributed by atoms with Gasteiger partial charge in [-0.2, -0.15) is 0 Å². The van der Waals surface area contributed by atoms with Crippen LogP contribution in [0.15, 0.2) is 18.5 Å². The number of hydrogen-bond donors (Lipinski definition) is 1. The average Bonchev–Trinajstić information content (AvgIpc) is 2.47. The lowest BCUT2D eigenvalue weighted by atomic mass is 10.1. The Balaban J connectivity index is 2.36. The van der Waals surface area contributed by atoms with E-state index in [1.54, 1.807) is 26.8 Å². The van der Waals surface area contributed by atoms with Crippen molar-refractivity contribution >= 4 is 29.3 Å². The molecule has 1 aromatic heterocycles. The number of carbonyl (C=O) groups excluding carboxylic acids is 3. The van der Waals surface area contributed by atoms with Crippen LogP contribution in [-0.4, -0.2) is 41.7 Å². The minimum absolute atomic E-state index is 0.199. The second-order valence-electron chi connectivity index (χ2n) is 5.21. The van der Waals surface area contributed by atoms with Gasteiger partial charge in [0.1, 0.15) is 6.04 Å². The number of nitrogens with one attached hydrogen (secondary N) is 1. The molecule has 0 bridgehead atoms. The summed E-state index contributed by atoms with van der Waals surface area (Å²) in [7, 11) is 0. The Morgan fingerprint density at radius 3 is 2.83 bits per heavy atom. The van der Waals surface area contributed by atoms with Crippen LogP contribution in [0.5, 0.6) is 0 Å². The number of pyridine rings is 1. The van der Waals surface area contributed by atoms with Gasteiger partial charge in [-0.05, 0) is 26.8 Å². The summed E-state index contributed by atoms with van der Waals surface area (Å²) in [4.78, 5) is 41.6. The Kier molecular flexibility index (Phi) is 5.15. The molecular formula is C15H19N3O5. The van der Waals surface area contributed by atoms with Crippen molar-refractivity contribution in [3.63, 3.8) is 0 Å². The Hall–Kier alpha value is -2.64. The number of esters is 1. The van der Waals surface area contributed by atoms with Gasteiger partial charge in [0.05, 0.1) is 36.7 Å². The standard InChI is InChI=1S/C15H19N3O5/c1-4-22-13(19)7-12-14(20)17-10-8-16-6-5-11(10)18(12)15(21)23-9(2)3/h5-6,8-9,12H,4,7H2,1-3H3,(H,17,20). The number of aromatic nitrogens is 1. The van der Waals surface area contributed by atoms with Crippen molar-refractivity contribution in [2.24, 2.45) is 0 Å². The van der Waals surface area contributed by atoms with Gasteiger partial charge >= 0.3 is 12.1 Å². The summed E-state index contributed by atoms with van der Waals surface area (Å²) in [5.74, 6) is -1.05. The van der Waals surface area contributed by atoms with Gasteiger partial charge in [0.15, 0.2) is 0 Å². The molecule has 23 heavy (non-hydrogen) atoms. The van der Waals surface area contributed by atoms with Crippen LogP contribution >= 0.6 is 0 Å². The minimum atomic E-state index is -1.03. The molecule has 0 saturated carbocycles. The molecule has 1 N–H and O–H groups in total. The quantitative estimate of drug-likeness (QED) is 0.848. The molecule has 1 aliphatic heterocycles. The average molecular weight is 321 g/mol. The molecule has 8 heteroatoms. The molecule has 0 aromatic carbocycles. The van der Waals surface area contributed by atoms with E-state index in [9.17, 15) is 14.4 Å². The molecular weight excluding hydrogens is 302 g/mol. The van der Waals surface area contributed by atoms with Gasteiger partial charge < -0.3 is 14.8 Å². The molecule has 2 amide bonds. The van der Waals surface area contributed by atoms with Crippen molar-refractivity contribution in [3.8, 4) is 0 Å². The van der Waals surface area contributed by atoms with Crippen molar-refractivity contribution in [2.75, 3.05) is 16.8 Å². The number of fused-ring (bicyclic) bond motifs is 1. The lowest BCUT2D eigenvalue weighted by molar-refractivity contribution is -0.144. The van der Waals surface area contributed by atoms with Crippen molar-refractivity contribution in [1.29, 1.82) is 0 Å². The highest BCUT2D eigenvalue weighted by molar-refractivity contribution is 6.11. The minimum Gasteiger partial charge on any atom is -0.466 e. The molecule has 0 aliphatic carbocycles. The zero-order valence-corrected chi connectivity index (χ0v) is 13.2. The van der Waals surface area contributed by atoms with Crippen LogP contribution in [0.2, 0.25) is 0 Å². The summed E-state index contributed by atoms with van der Waals surface area (Å²) in [6.45, 7) is 5.28. The van der Waals surface area contributed by atoms with Crippen molar-refractivity contribution in [3.05, 3.63) is 18.5 Å². The fourth-order valence-electron chi connectivity index (χ4n) is 2.24. The third-order valence-electron chi connectivity index (χ3n) is 3.13. The zero-order chi connectivity index (χ0) is 17.0. The van der Waals surface area contributed by atoms with E-state index < -0.39 is 24.0 Å². The zero-order valence-electron chi connectivity index (χ0n) is 13.2. The van der Waals surface area contributed by atoms with Crippen LogP contribution in [0.25, 0.3) is 0 Å². The van der Waals surface area contributed by atoms with Crippen LogP contribution in [0, 0.1) is 0 Å². The fraction of sp³-hybridized carbons (Fsp3) is 0.467. The highest BCUT2D eigenvalue weighted by Crippen LogP contribution is 2.32. The summed E-state index contributed by atoms with van der Waals surface area (Å²) < 4.78 is 10.1. The number of amides is 2. The SMILES string of the molecule is CCOC(=O)CC1C(=O)Nc2cnccc2N1C(=O)OC(C)C. The molecule has 1 aromatic rings. The number of hydrogen-bond acceptors (Lipinski definition) is 6. The van der Waals surface area contributed by atoms with E-state index in [-0.39, 0.29) is 19.1 Å². The summed E-state index contributed by atoms with van der Waals surface area (Å²) in [6.07, 6.45) is 1.61. The Bertz CT molecular complexity index is 617. The largest absolute Gasteiger partial charge is 0.466 e. The maximum absolute atomic E-state index is 12.4. The first-order valence-electron chi connectivity index (χ1n) is 7.34. The van der Waals surface area contributed by atoms with Crippen molar-refractivity contribution in [1.82, 2.24) is 4.98 Å². The number of anilines is 2. The summed E-state index contributed by atoms with van der Waals surface area (Å²) in [6, 6.07) is 0.546. The lowest BCUT2D eigenvalue weighted by Gasteiger charge is -2.35. The third kappa shape index (κ3) is 3.77. The van der Waals surface area contributed by atoms with Crippen LogP contribution in [0.1, 0.15) is 27.2 Å². The monoisotopic (exact) mass is 321 g/mol. The van der Waals surface area contributed by atoms with Gasteiger partial charge in [-0.1, -0.05) is 0 Å². The molecule has 2 heterocycles. The highest BCUT2D eigenvalue weighted by atomic mass is 16.6. The van der Waals surface area contributed by atoms with E-state index in [1.807, 2.05) is 0 Å². The smallest absolute Gasteiger partial charge is 0.415 e. The van der Waals surface area contributed by atoms with Crippen molar-refractivity contribution < 1.29 is 23.9 Å². The number of rotatable bonds is 4. The fourth-order valence-corrected chi connectivity index (χ4v) is 2.24. The topological polar surface area (TPSA) is 97.8 Å². The van der Waals surface area contributed by atoms with Gasteiger partial charge in [0, 0.05) is 6.20 Å². The van der Waals surface area contributed by atoms with E-state index >= 15 is 0 Å². The lowest BCUT2D eigenvalue weighted by Crippen LogP contribution is -2.52. The molecule has 8 nitrogen and oxygen atoms in total. The predicted octanol–water partition coefficient (Wildman–Crippen LogP) is 1.71. The maximum atomic E-state index is 12.4. The first kappa shape index (κ1) is 16.7. The molecule has 1 unspecified atom stereocenters. The molecule has 0 fully saturated rings. The first-order chi connectivity index (χ1) is 10.9. The third-order valence-corrected chi connectivity index (χ3v) is 3.13. The number of carbonyl (C=O) groups is 3. The van der Waals surface area contributed by atoms with Gasteiger partial charge in [-0.25, -0.2) is 4.79 Å². The Morgan fingerprint density at radius 2 is 2.17 bits per heavy atom. The summed E-state index contributed by atoms with van der Waals surface area (Å²) >= 11 is 0.